The van der Waals surface area contributed by atoms with Gasteiger partial charge in [0.25, 0.3) is 0 Å². The molecule has 0 aliphatic heterocycles. The predicted molar refractivity (Wildman–Crippen MR) is 94.1 cm³/mol. The lowest BCUT2D eigenvalue weighted by molar-refractivity contribution is 0.669. The average Bonchev–Trinajstić information content (AvgIpc) is 2.99. The summed E-state index contributed by atoms with van der Waals surface area (Å²) in [6, 6.07) is 22.1. The van der Waals surface area contributed by atoms with Crippen LogP contribution < -0.4 is 11.6 Å². The van der Waals surface area contributed by atoms with E-state index in [1.165, 1.54) is 0 Å². The van der Waals surface area contributed by atoms with Gasteiger partial charge in [-0.05, 0) is 29.3 Å². The van der Waals surface area contributed by atoms with E-state index in [9.17, 15) is 0 Å². The van der Waals surface area contributed by atoms with Gasteiger partial charge in [-0.15, -0.1) is 0 Å². The summed E-state index contributed by atoms with van der Waals surface area (Å²) in [5.74, 6) is 5.54. The Labute approximate surface area is 133 Å². The number of fused-ring (bicyclic) bond motifs is 3. The number of hydrazone groups is 1. The highest BCUT2D eigenvalue weighted by Gasteiger charge is 2.13. The minimum absolute atomic E-state index is 0.288. The van der Waals surface area contributed by atoms with E-state index in [1.807, 2.05) is 48.5 Å². The third kappa shape index (κ3) is 2.12. The van der Waals surface area contributed by atoms with Crippen LogP contribution in [0.15, 0.2) is 76.2 Å². The lowest BCUT2D eigenvalue weighted by atomic mass is 9.99. The summed E-state index contributed by atoms with van der Waals surface area (Å²) in [6.45, 7) is 0. The van der Waals surface area contributed by atoms with E-state index in [4.69, 9.17) is 16.0 Å². The Kier molecular flexibility index (Phi) is 3.01. The van der Waals surface area contributed by atoms with Crippen LogP contribution in [0.5, 0.6) is 0 Å². The Hall–Kier alpha value is -3.27. The molecule has 0 bridgehead atoms. The molecule has 4 heteroatoms. The van der Waals surface area contributed by atoms with E-state index in [0.29, 0.717) is 0 Å². The van der Waals surface area contributed by atoms with Gasteiger partial charge in [-0.3, -0.25) is 0 Å². The molecule has 0 unspecified atom stereocenters. The summed E-state index contributed by atoms with van der Waals surface area (Å²) in [5, 5.41) is 5.69. The minimum Gasteiger partial charge on any atom is -0.456 e. The monoisotopic (exact) mass is 301 g/mol. The average molecular weight is 301 g/mol. The number of hydrogen-bond acceptors (Lipinski definition) is 3. The molecular formula is C19H15N3O. The number of benzene rings is 3. The first-order valence-electron chi connectivity index (χ1n) is 7.32. The molecule has 0 spiro atoms. The van der Waals surface area contributed by atoms with Gasteiger partial charge in [0.1, 0.15) is 17.0 Å². The molecule has 23 heavy (non-hydrogen) atoms. The minimum atomic E-state index is 0.288. The maximum atomic E-state index is 6.00. The Morgan fingerprint density at radius 2 is 1.70 bits per heavy atom. The van der Waals surface area contributed by atoms with E-state index in [2.05, 4.69) is 23.3 Å². The van der Waals surface area contributed by atoms with Crippen molar-refractivity contribution in [1.82, 2.24) is 0 Å². The standard InChI is InChI=1S/C19H15N3O/c20-19(22-21)13-9-10-15-17(11-13)23-16-8-4-7-14(18(15)16)12-5-2-1-3-6-12/h1-11H,21H2,(H2,20,22). The van der Waals surface area contributed by atoms with Crippen LogP contribution in [0.3, 0.4) is 0 Å². The van der Waals surface area contributed by atoms with Crippen molar-refractivity contribution in [3.05, 3.63) is 72.3 Å². The fraction of sp³-hybridized carbons (Fsp3) is 0. The fourth-order valence-electron chi connectivity index (χ4n) is 2.92. The van der Waals surface area contributed by atoms with E-state index in [-0.39, 0.29) is 5.84 Å². The molecule has 1 aromatic heterocycles. The lowest BCUT2D eigenvalue weighted by Crippen LogP contribution is -2.15. The van der Waals surface area contributed by atoms with Gasteiger partial charge < -0.3 is 16.0 Å². The highest BCUT2D eigenvalue weighted by Crippen LogP contribution is 2.36. The van der Waals surface area contributed by atoms with Gasteiger partial charge >= 0.3 is 0 Å². The van der Waals surface area contributed by atoms with Crippen molar-refractivity contribution < 1.29 is 4.42 Å². The number of rotatable bonds is 2. The van der Waals surface area contributed by atoms with Crippen molar-refractivity contribution in [2.75, 3.05) is 0 Å². The molecule has 4 aromatic rings. The van der Waals surface area contributed by atoms with Gasteiger partial charge in [-0.1, -0.05) is 48.5 Å². The van der Waals surface area contributed by atoms with Gasteiger partial charge in [0.05, 0.1) is 0 Å². The second-order valence-electron chi connectivity index (χ2n) is 5.37. The summed E-state index contributed by atoms with van der Waals surface area (Å²) >= 11 is 0. The van der Waals surface area contributed by atoms with Crippen LogP contribution in [0.1, 0.15) is 5.56 Å². The van der Waals surface area contributed by atoms with Crippen molar-refractivity contribution in [2.45, 2.75) is 0 Å². The topological polar surface area (TPSA) is 77.5 Å². The summed E-state index contributed by atoms with van der Waals surface area (Å²) in [5.41, 5.74) is 10.5. The van der Waals surface area contributed by atoms with E-state index in [0.717, 1.165) is 38.6 Å². The zero-order chi connectivity index (χ0) is 15.8. The van der Waals surface area contributed by atoms with E-state index < -0.39 is 0 Å². The van der Waals surface area contributed by atoms with Crippen LogP contribution in [-0.2, 0) is 0 Å². The molecule has 0 radical (unpaired) electrons. The lowest BCUT2D eigenvalue weighted by Gasteiger charge is -2.03. The summed E-state index contributed by atoms with van der Waals surface area (Å²) in [6.07, 6.45) is 0. The Morgan fingerprint density at radius 3 is 2.48 bits per heavy atom. The van der Waals surface area contributed by atoms with Crippen LogP contribution in [0.25, 0.3) is 33.1 Å². The summed E-state index contributed by atoms with van der Waals surface area (Å²) in [7, 11) is 0. The van der Waals surface area contributed by atoms with E-state index in [1.54, 1.807) is 0 Å². The van der Waals surface area contributed by atoms with E-state index >= 15 is 0 Å². The van der Waals surface area contributed by atoms with Crippen molar-refractivity contribution in [3.8, 4) is 11.1 Å². The molecule has 4 rings (SSSR count). The first-order chi connectivity index (χ1) is 11.3. The van der Waals surface area contributed by atoms with Crippen LogP contribution >= 0.6 is 0 Å². The van der Waals surface area contributed by atoms with Crippen molar-refractivity contribution in [2.24, 2.45) is 16.7 Å². The molecule has 0 aliphatic carbocycles. The molecular weight excluding hydrogens is 286 g/mol. The third-order valence-corrected chi connectivity index (χ3v) is 4.02. The number of furan rings is 1. The fourth-order valence-corrected chi connectivity index (χ4v) is 2.92. The zero-order valence-corrected chi connectivity index (χ0v) is 12.4. The predicted octanol–water partition coefficient (Wildman–Crippen LogP) is 3.83. The molecule has 3 aromatic carbocycles. The maximum absolute atomic E-state index is 6.00. The van der Waals surface area contributed by atoms with Crippen LogP contribution in [0.2, 0.25) is 0 Å². The molecule has 1 heterocycles. The van der Waals surface area contributed by atoms with Crippen molar-refractivity contribution in [3.63, 3.8) is 0 Å². The first kappa shape index (κ1) is 13.4. The van der Waals surface area contributed by atoms with Crippen LogP contribution in [0, 0.1) is 0 Å². The van der Waals surface area contributed by atoms with Gasteiger partial charge in [-0.25, -0.2) is 0 Å². The quantitative estimate of drug-likeness (QED) is 0.256. The van der Waals surface area contributed by atoms with Gasteiger partial charge in [-0.2, -0.15) is 5.10 Å². The smallest absolute Gasteiger partial charge is 0.150 e. The maximum Gasteiger partial charge on any atom is 0.150 e. The summed E-state index contributed by atoms with van der Waals surface area (Å²) < 4.78 is 6.00. The molecule has 0 saturated carbocycles. The van der Waals surface area contributed by atoms with Crippen LogP contribution in [0.4, 0.5) is 0 Å². The largest absolute Gasteiger partial charge is 0.456 e. The second-order valence-corrected chi connectivity index (χ2v) is 5.37. The highest BCUT2D eigenvalue weighted by atomic mass is 16.3. The Morgan fingerprint density at radius 1 is 0.870 bits per heavy atom. The highest BCUT2D eigenvalue weighted by molar-refractivity contribution is 6.13. The number of nitrogens with zero attached hydrogens (tertiary/aromatic N) is 1. The molecule has 0 atom stereocenters. The zero-order valence-electron chi connectivity index (χ0n) is 12.4. The Balaban J connectivity index is 2.04. The molecule has 0 saturated heterocycles. The normalized spacial score (nSPS) is 12.1. The molecule has 112 valence electrons. The van der Waals surface area contributed by atoms with Gasteiger partial charge in [0.15, 0.2) is 0 Å². The SMILES string of the molecule is N/N=C(\N)c1ccc2c(c1)oc1cccc(-c3ccccc3)c12. The molecule has 4 nitrogen and oxygen atoms in total. The molecule has 0 fully saturated rings. The second kappa shape index (κ2) is 5.18. The van der Waals surface area contributed by atoms with Gasteiger partial charge in [0.2, 0.25) is 0 Å². The molecule has 0 aliphatic rings. The van der Waals surface area contributed by atoms with Crippen LogP contribution in [-0.4, -0.2) is 5.84 Å². The number of nitrogens with two attached hydrogens (primary N) is 2. The number of amidine groups is 1. The van der Waals surface area contributed by atoms with Gasteiger partial charge in [0, 0.05) is 16.3 Å². The first-order valence-corrected chi connectivity index (χ1v) is 7.32. The van der Waals surface area contributed by atoms with Crippen molar-refractivity contribution >= 4 is 27.8 Å². The molecule has 0 amide bonds. The summed E-state index contributed by atoms with van der Waals surface area (Å²) in [4.78, 5) is 0. The van der Waals surface area contributed by atoms with Crippen molar-refractivity contribution in [1.29, 1.82) is 0 Å². The third-order valence-electron chi connectivity index (χ3n) is 4.02. The Bertz CT molecular complexity index is 1030. The number of hydrogen-bond donors (Lipinski definition) is 2. The molecule has 4 N–H and O–H groups in total.